The van der Waals surface area contributed by atoms with E-state index in [1.165, 1.54) is 11.8 Å². The van der Waals surface area contributed by atoms with Crippen LogP contribution in [0.3, 0.4) is 0 Å². The summed E-state index contributed by atoms with van der Waals surface area (Å²) in [6, 6.07) is 11.4. The van der Waals surface area contributed by atoms with Crippen LogP contribution in [-0.4, -0.2) is 21.6 Å². The minimum Gasteiger partial charge on any atom is -0.385 e. The number of hydrogen-bond acceptors (Lipinski definition) is 6. The zero-order valence-electron chi connectivity index (χ0n) is 11.6. The van der Waals surface area contributed by atoms with Crippen molar-refractivity contribution < 1.29 is 0 Å². The van der Waals surface area contributed by atoms with E-state index in [0.717, 1.165) is 5.56 Å². The first kappa shape index (κ1) is 15.6. The molecule has 0 aliphatic rings. The van der Waals surface area contributed by atoms with Crippen molar-refractivity contribution in [2.75, 3.05) is 5.75 Å². The maximum Gasteiger partial charge on any atom is 0.269 e. The Hall–Kier alpha value is -2.79. The van der Waals surface area contributed by atoms with E-state index in [4.69, 9.17) is 16.8 Å². The number of amidine groups is 1. The van der Waals surface area contributed by atoms with Crippen LogP contribution in [0.1, 0.15) is 16.8 Å². The third kappa shape index (κ3) is 3.86. The van der Waals surface area contributed by atoms with Crippen molar-refractivity contribution in [3.63, 3.8) is 0 Å². The molecule has 7 nitrogen and oxygen atoms in total. The smallest absolute Gasteiger partial charge is 0.269 e. The fraction of sp³-hybridized carbons (Fsp3) is 0.143. The maximum atomic E-state index is 12.0. The van der Waals surface area contributed by atoms with Gasteiger partial charge < -0.3 is 16.6 Å². The fourth-order valence-corrected chi connectivity index (χ4v) is 2.48. The van der Waals surface area contributed by atoms with Gasteiger partial charge in [-0.1, -0.05) is 42.1 Å². The zero-order valence-corrected chi connectivity index (χ0v) is 12.4. The monoisotopic (exact) mass is 314 g/mol. The van der Waals surface area contributed by atoms with Gasteiger partial charge in [-0.15, -0.1) is 0 Å². The molecule has 1 aromatic carbocycles. The molecular weight excluding hydrogens is 300 g/mol. The van der Waals surface area contributed by atoms with Crippen LogP contribution >= 0.6 is 11.8 Å². The first-order valence-corrected chi connectivity index (χ1v) is 7.35. The fourth-order valence-electron chi connectivity index (χ4n) is 1.78. The predicted octanol–water partition coefficient (Wildman–Crippen LogP) is 0.555. The van der Waals surface area contributed by atoms with E-state index in [-0.39, 0.29) is 11.4 Å². The molecule has 5 N–H and O–H groups in total. The number of nitriles is 1. The normalized spacial score (nSPS) is 11.1. The molecule has 0 atom stereocenters. The predicted molar refractivity (Wildman–Crippen MR) is 85.4 cm³/mol. The summed E-state index contributed by atoms with van der Waals surface area (Å²) in [5, 5.41) is 12.9. The molecule has 1 aromatic heterocycles. The molecule has 0 spiro atoms. The topological polar surface area (TPSA) is 134 Å². The third-order valence-electron chi connectivity index (χ3n) is 2.82. The average molecular weight is 314 g/mol. The van der Waals surface area contributed by atoms with Crippen LogP contribution in [0.5, 0.6) is 0 Å². The summed E-state index contributed by atoms with van der Waals surface area (Å²) in [6.45, 7) is 0. The second-order valence-corrected chi connectivity index (χ2v) is 5.34. The number of aromatic amines is 1. The van der Waals surface area contributed by atoms with Crippen molar-refractivity contribution in [2.45, 2.75) is 11.6 Å². The van der Waals surface area contributed by atoms with Gasteiger partial charge in [0.05, 0.1) is 11.4 Å². The molecule has 2 aromatic rings. The van der Waals surface area contributed by atoms with E-state index in [1.54, 1.807) is 0 Å². The van der Waals surface area contributed by atoms with E-state index in [0.29, 0.717) is 23.0 Å². The van der Waals surface area contributed by atoms with Crippen LogP contribution in [0.2, 0.25) is 0 Å². The van der Waals surface area contributed by atoms with Gasteiger partial charge >= 0.3 is 0 Å². The molecule has 8 heteroatoms. The summed E-state index contributed by atoms with van der Waals surface area (Å²) < 4.78 is 0. The van der Waals surface area contributed by atoms with Gasteiger partial charge in [0.15, 0.2) is 5.16 Å². The van der Waals surface area contributed by atoms with Crippen LogP contribution < -0.4 is 17.1 Å². The zero-order chi connectivity index (χ0) is 15.9. The molecule has 112 valence electrons. The summed E-state index contributed by atoms with van der Waals surface area (Å²) in [6.07, 6.45) is 0.404. The van der Waals surface area contributed by atoms with Crippen LogP contribution in [0, 0.1) is 11.3 Å². The summed E-state index contributed by atoms with van der Waals surface area (Å²) >= 11 is 1.20. The van der Waals surface area contributed by atoms with Gasteiger partial charge in [0.1, 0.15) is 17.5 Å². The number of nitrogens with one attached hydrogen (secondary N) is 1. The van der Waals surface area contributed by atoms with Crippen LogP contribution in [0.15, 0.2) is 45.4 Å². The van der Waals surface area contributed by atoms with Crippen molar-refractivity contribution in [2.24, 2.45) is 16.7 Å². The number of rotatable bonds is 5. The van der Waals surface area contributed by atoms with E-state index in [9.17, 15) is 4.79 Å². The minimum atomic E-state index is -0.464. The lowest BCUT2D eigenvalue weighted by Crippen LogP contribution is -2.19. The highest BCUT2D eigenvalue weighted by Gasteiger charge is 2.12. The molecule has 0 fully saturated rings. The Morgan fingerprint density at radius 2 is 2.14 bits per heavy atom. The number of hydrogen-bond donors (Lipinski definition) is 3. The van der Waals surface area contributed by atoms with Crippen LogP contribution in [0.4, 0.5) is 0 Å². The number of thioether (sulfide) groups is 1. The number of H-pyrrole nitrogens is 1. The molecule has 0 aliphatic carbocycles. The quantitative estimate of drug-likeness (QED) is 0.184. The summed E-state index contributed by atoms with van der Waals surface area (Å²) in [7, 11) is 0. The van der Waals surface area contributed by atoms with Crippen molar-refractivity contribution >= 4 is 17.6 Å². The molecule has 0 saturated heterocycles. The van der Waals surface area contributed by atoms with E-state index < -0.39 is 5.56 Å². The van der Waals surface area contributed by atoms with Crippen LogP contribution in [-0.2, 0) is 6.42 Å². The first-order chi connectivity index (χ1) is 10.6. The largest absolute Gasteiger partial charge is 0.385 e. The Morgan fingerprint density at radius 3 is 2.77 bits per heavy atom. The number of aromatic nitrogens is 2. The minimum absolute atomic E-state index is 0.0219. The van der Waals surface area contributed by atoms with Crippen molar-refractivity contribution in [3.05, 3.63) is 57.5 Å². The molecular formula is C14H14N6OS. The number of nitrogens with zero attached hydrogens (tertiary/aromatic N) is 3. The Balaban J connectivity index is 2.32. The van der Waals surface area contributed by atoms with E-state index in [1.807, 2.05) is 36.4 Å². The maximum absolute atomic E-state index is 12.0. The highest BCUT2D eigenvalue weighted by Crippen LogP contribution is 2.15. The lowest BCUT2D eigenvalue weighted by atomic mass is 10.1. The number of hydrazone groups is 1. The van der Waals surface area contributed by atoms with Gasteiger partial charge in [-0.3, -0.25) is 4.79 Å². The summed E-state index contributed by atoms with van der Waals surface area (Å²) in [5.74, 6) is 5.60. The Labute approximate surface area is 131 Å². The SMILES string of the molecule is N#Cc1c(Cc2ccccc2)nc(SC/C(N)=N/N)[nH]c1=O. The molecule has 0 amide bonds. The van der Waals surface area contributed by atoms with Gasteiger partial charge in [-0.25, -0.2) is 4.98 Å². The molecule has 22 heavy (non-hydrogen) atoms. The van der Waals surface area contributed by atoms with Crippen molar-refractivity contribution in [1.29, 1.82) is 5.26 Å². The Morgan fingerprint density at radius 1 is 1.41 bits per heavy atom. The molecule has 2 rings (SSSR count). The van der Waals surface area contributed by atoms with Gasteiger partial charge in [-0.05, 0) is 5.56 Å². The molecule has 0 aliphatic heterocycles. The van der Waals surface area contributed by atoms with E-state index in [2.05, 4.69) is 15.1 Å². The lowest BCUT2D eigenvalue weighted by Gasteiger charge is -2.06. The standard InChI is InChI=1S/C14H14N6OS/c15-7-10-11(6-9-4-2-1-3-5-9)18-14(19-13(10)21)22-8-12(16)20-17/h1-5H,6,8,17H2,(H2,16,20)(H,18,19,21). The van der Waals surface area contributed by atoms with Gasteiger partial charge in [0, 0.05) is 6.42 Å². The average Bonchev–Trinajstić information content (AvgIpc) is 2.53. The van der Waals surface area contributed by atoms with Gasteiger partial charge in [-0.2, -0.15) is 10.4 Å². The van der Waals surface area contributed by atoms with Crippen LogP contribution in [0.25, 0.3) is 0 Å². The first-order valence-electron chi connectivity index (χ1n) is 6.36. The second kappa shape index (κ2) is 7.28. The lowest BCUT2D eigenvalue weighted by molar-refractivity contribution is 0.872. The molecule has 1 heterocycles. The number of nitrogens with two attached hydrogens (primary N) is 2. The highest BCUT2D eigenvalue weighted by molar-refractivity contribution is 7.99. The molecule has 0 radical (unpaired) electrons. The van der Waals surface area contributed by atoms with E-state index >= 15 is 0 Å². The Kier molecular flexibility index (Phi) is 5.16. The molecule has 0 bridgehead atoms. The summed E-state index contributed by atoms with van der Waals surface area (Å²) in [4.78, 5) is 18.9. The van der Waals surface area contributed by atoms with Crippen molar-refractivity contribution in [1.82, 2.24) is 9.97 Å². The third-order valence-corrected chi connectivity index (χ3v) is 3.73. The van der Waals surface area contributed by atoms with Gasteiger partial charge in [0.25, 0.3) is 5.56 Å². The van der Waals surface area contributed by atoms with Crippen molar-refractivity contribution in [3.8, 4) is 6.07 Å². The second-order valence-electron chi connectivity index (χ2n) is 4.38. The number of benzene rings is 1. The molecule has 0 unspecified atom stereocenters. The Bertz CT molecular complexity index is 778. The summed E-state index contributed by atoms with van der Waals surface area (Å²) in [5.41, 5.74) is 6.47. The van der Waals surface area contributed by atoms with Gasteiger partial charge in [0.2, 0.25) is 0 Å². The molecule has 0 saturated carbocycles. The highest BCUT2D eigenvalue weighted by atomic mass is 32.2.